The maximum absolute atomic E-state index is 10.0. The fraction of sp³-hybridized carbons (Fsp3) is 0.333. The largest absolute Gasteiger partial charge is 0.390 e. The van der Waals surface area contributed by atoms with Gasteiger partial charge in [-0.05, 0) is 23.3 Å². The Bertz CT molecular complexity index is 469. The number of aliphatic hydroxyl groups is 2. The highest BCUT2D eigenvalue weighted by atomic mass is 35.5. The predicted octanol–water partition coefficient (Wildman–Crippen LogP) is 2.92. The van der Waals surface area contributed by atoms with Crippen LogP contribution in [0.1, 0.15) is 18.1 Å². The van der Waals surface area contributed by atoms with Gasteiger partial charge in [0.2, 0.25) is 0 Å². The van der Waals surface area contributed by atoms with Gasteiger partial charge >= 0.3 is 0 Å². The van der Waals surface area contributed by atoms with Gasteiger partial charge in [0, 0.05) is 16.1 Å². The Labute approximate surface area is 103 Å². The molecule has 0 aliphatic heterocycles. The van der Waals surface area contributed by atoms with E-state index in [-0.39, 0.29) is 0 Å². The van der Waals surface area contributed by atoms with E-state index >= 15 is 0 Å². The highest BCUT2D eigenvalue weighted by Gasteiger charge is 2.20. The zero-order valence-electron chi connectivity index (χ0n) is 8.64. The van der Waals surface area contributed by atoms with Gasteiger partial charge in [-0.25, -0.2) is 0 Å². The van der Waals surface area contributed by atoms with Gasteiger partial charge in [-0.15, -0.1) is 22.9 Å². The summed E-state index contributed by atoms with van der Waals surface area (Å²) in [5, 5.41) is 22.6. The average molecular weight is 257 g/mol. The number of hydrogen-bond acceptors (Lipinski definition) is 3. The maximum atomic E-state index is 10.0. The number of thiophene rings is 1. The Morgan fingerprint density at radius 2 is 2.00 bits per heavy atom. The lowest BCUT2D eigenvalue weighted by atomic mass is 10.0. The highest BCUT2D eigenvalue weighted by molar-refractivity contribution is 7.17. The molecular weight excluding hydrogens is 244 g/mol. The molecular formula is C12H13ClO2S. The molecule has 2 unspecified atom stereocenters. The number of fused-ring (bicyclic) bond motifs is 1. The van der Waals surface area contributed by atoms with Crippen molar-refractivity contribution in [1.29, 1.82) is 0 Å². The lowest BCUT2D eigenvalue weighted by molar-refractivity contribution is 0.0181. The third-order valence-electron chi connectivity index (χ3n) is 2.60. The normalized spacial score (nSPS) is 15.2. The molecule has 0 aliphatic rings. The lowest BCUT2D eigenvalue weighted by Crippen LogP contribution is -2.18. The van der Waals surface area contributed by atoms with E-state index in [0.29, 0.717) is 12.3 Å². The number of aliphatic hydroxyl groups excluding tert-OH is 2. The second-order valence-electron chi connectivity index (χ2n) is 3.68. The summed E-state index contributed by atoms with van der Waals surface area (Å²) in [6.45, 7) is 0. The SMILES string of the molecule is OC(CCCl)C(O)c1csc2ccccc12. The molecule has 0 aliphatic carbocycles. The summed E-state index contributed by atoms with van der Waals surface area (Å²) in [5.41, 5.74) is 0.790. The van der Waals surface area contributed by atoms with E-state index in [9.17, 15) is 10.2 Å². The second kappa shape index (κ2) is 5.15. The molecule has 0 fully saturated rings. The van der Waals surface area contributed by atoms with Gasteiger partial charge in [-0.1, -0.05) is 18.2 Å². The van der Waals surface area contributed by atoms with Gasteiger partial charge in [0.15, 0.2) is 0 Å². The van der Waals surface area contributed by atoms with E-state index < -0.39 is 12.2 Å². The van der Waals surface area contributed by atoms with E-state index in [1.165, 1.54) is 0 Å². The number of alkyl halides is 1. The summed E-state index contributed by atoms with van der Waals surface area (Å²) in [5.74, 6) is 0.348. The smallest absolute Gasteiger partial charge is 0.106 e. The van der Waals surface area contributed by atoms with Crippen molar-refractivity contribution in [2.45, 2.75) is 18.6 Å². The van der Waals surface area contributed by atoms with Crippen LogP contribution >= 0.6 is 22.9 Å². The number of rotatable bonds is 4. The van der Waals surface area contributed by atoms with Crippen molar-refractivity contribution in [2.75, 3.05) is 5.88 Å². The molecule has 16 heavy (non-hydrogen) atoms. The van der Waals surface area contributed by atoms with Crippen molar-refractivity contribution < 1.29 is 10.2 Å². The molecule has 0 spiro atoms. The van der Waals surface area contributed by atoms with Crippen LogP contribution in [0.25, 0.3) is 10.1 Å². The quantitative estimate of drug-likeness (QED) is 0.826. The number of hydrogen-bond donors (Lipinski definition) is 2. The fourth-order valence-electron chi connectivity index (χ4n) is 1.70. The van der Waals surface area contributed by atoms with Crippen LogP contribution in [0, 0.1) is 0 Å². The molecule has 0 amide bonds. The maximum Gasteiger partial charge on any atom is 0.106 e. The molecule has 2 atom stereocenters. The standard InChI is InChI=1S/C12H13ClO2S/c13-6-5-10(14)12(15)9-7-16-11-4-2-1-3-8(9)11/h1-4,7,10,12,14-15H,5-6H2. The van der Waals surface area contributed by atoms with Crippen LogP contribution in [0.2, 0.25) is 0 Å². The van der Waals surface area contributed by atoms with E-state index in [0.717, 1.165) is 15.6 Å². The van der Waals surface area contributed by atoms with Crippen molar-refractivity contribution in [2.24, 2.45) is 0 Å². The minimum atomic E-state index is -0.852. The minimum Gasteiger partial charge on any atom is -0.390 e. The number of halogens is 1. The molecule has 2 nitrogen and oxygen atoms in total. The fourth-order valence-corrected chi connectivity index (χ4v) is 2.92. The van der Waals surface area contributed by atoms with E-state index in [1.54, 1.807) is 11.3 Å². The molecule has 86 valence electrons. The van der Waals surface area contributed by atoms with Gasteiger partial charge in [-0.3, -0.25) is 0 Å². The highest BCUT2D eigenvalue weighted by Crippen LogP contribution is 2.32. The Morgan fingerprint density at radius 1 is 1.25 bits per heavy atom. The van der Waals surface area contributed by atoms with Crippen LogP contribution in [0.4, 0.5) is 0 Å². The van der Waals surface area contributed by atoms with Gasteiger partial charge in [-0.2, -0.15) is 0 Å². The second-order valence-corrected chi connectivity index (χ2v) is 4.97. The molecule has 0 bridgehead atoms. The molecule has 2 N–H and O–H groups in total. The molecule has 0 radical (unpaired) electrons. The van der Waals surface area contributed by atoms with Gasteiger partial charge in [0.1, 0.15) is 6.10 Å². The summed E-state index contributed by atoms with van der Waals surface area (Å²) >= 11 is 7.13. The molecule has 2 aromatic rings. The van der Waals surface area contributed by atoms with E-state index in [2.05, 4.69) is 0 Å². The Balaban J connectivity index is 2.32. The van der Waals surface area contributed by atoms with Gasteiger partial charge in [0.05, 0.1) is 6.10 Å². The summed E-state index contributed by atoms with van der Waals surface area (Å²) in [6, 6.07) is 7.85. The molecule has 0 saturated carbocycles. The summed E-state index contributed by atoms with van der Waals surface area (Å²) in [7, 11) is 0. The molecule has 1 heterocycles. The summed E-state index contributed by atoms with van der Waals surface area (Å²) in [6.07, 6.45) is -1.25. The van der Waals surface area contributed by atoms with Crippen LogP contribution in [0.15, 0.2) is 29.6 Å². The lowest BCUT2D eigenvalue weighted by Gasteiger charge is -2.16. The zero-order chi connectivity index (χ0) is 11.5. The zero-order valence-corrected chi connectivity index (χ0v) is 10.2. The Kier molecular flexibility index (Phi) is 3.82. The molecule has 1 aromatic carbocycles. The van der Waals surface area contributed by atoms with E-state index in [4.69, 9.17) is 11.6 Å². The first-order chi connectivity index (χ1) is 7.74. The molecule has 4 heteroatoms. The summed E-state index contributed by atoms with van der Waals surface area (Å²) in [4.78, 5) is 0. The van der Waals surface area contributed by atoms with Crippen LogP contribution in [0.5, 0.6) is 0 Å². The first-order valence-electron chi connectivity index (χ1n) is 5.12. The third-order valence-corrected chi connectivity index (χ3v) is 3.80. The van der Waals surface area contributed by atoms with Gasteiger partial charge < -0.3 is 10.2 Å². The van der Waals surface area contributed by atoms with Crippen LogP contribution in [-0.2, 0) is 0 Å². The molecule has 1 aromatic heterocycles. The minimum absolute atomic E-state index is 0.348. The number of benzene rings is 1. The molecule has 2 rings (SSSR count). The predicted molar refractivity (Wildman–Crippen MR) is 68.1 cm³/mol. The van der Waals surface area contributed by atoms with Crippen molar-refractivity contribution in [3.05, 3.63) is 35.2 Å². The monoisotopic (exact) mass is 256 g/mol. The van der Waals surface area contributed by atoms with Gasteiger partial charge in [0.25, 0.3) is 0 Å². The van der Waals surface area contributed by atoms with Crippen molar-refractivity contribution in [3.63, 3.8) is 0 Å². The first kappa shape index (κ1) is 11.9. The summed E-state index contributed by atoms with van der Waals surface area (Å²) < 4.78 is 1.12. The van der Waals surface area contributed by atoms with Crippen molar-refractivity contribution in [3.8, 4) is 0 Å². The Hall–Kier alpha value is -0.610. The third kappa shape index (κ3) is 2.23. The van der Waals surface area contributed by atoms with Crippen LogP contribution in [-0.4, -0.2) is 22.2 Å². The topological polar surface area (TPSA) is 40.5 Å². The first-order valence-corrected chi connectivity index (χ1v) is 6.53. The van der Waals surface area contributed by atoms with Crippen molar-refractivity contribution >= 4 is 33.0 Å². The Morgan fingerprint density at radius 3 is 2.75 bits per heavy atom. The van der Waals surface area contributed by atoms with E-state index in [1.807, 2.05) is 29.6 Å². The average Bonchev–Trinajstić information content (AvgIpc) is 2.72. The van der Waals surface area contributed by atoms with Crippen molar-refractivity contribution in [1.82, 2.24) is 0 Å². The molecule has 0 saturated heterocycles. The van der Waals surface area contributed by atoms with Crippen LogP contribution in [0.3, 0.4) is 0 Å². The van der Waals surface area contributed by atoms with Crippen LogP contribution < -0.4 is 0 Å².